The molecule has 0 spiro atoms. The Morgan fingerprint density at radius 3 is 2.60 bits per heavy atom. The third kappa shape index (κ3) is 3.07. The summed E-state index contributed by atoms with van der Waals surface area (Å²) in [6.45, 7) is 10.9. The zero-order chi connectivity index (χ0) is 14.9. The van der Waals surface area contributed by atoms with Gasteiger partial charge in [0.25, 0.3) is 0 Å². The van der Waals surface area contributed by atoms with Gasteiger partial charge in [0.05, 0.1) is 5.39 Å². The second-order valence-electron chi connectivity index (χ2n) is 6.23. The van der Waals surface area contributed by atoms with Gasteiger partial charge in [0.2, 0.25) is 0 Å². The van der Waals surface area contributed by atoms with E-state index in [0.29, 0.717) is 5.88 Å². The van der Waals surface area contributed by atoms with E-state index in [-0.39, 0.29) is 11.5 Å². The SMILES string of the molecule is Cc1sc2ncnc(NC(CCCl)C(C)(C)C)c2c1C. The highest BCUT2D eigenvalue weighted by molar-refractivity contribution is 7.18. The molecular formula is C15H22ClN3S. The number of halogens is 1. The monoisotopic (exact) mass is 311 g/mol. The number of aryl methyl sites for hydroxylation is 2. The smallest absolute Gasteiger partial charge is 0.138 e. The Hall–Kier alpha value is -0.870. The van der Waals surface area contributed by atoms with Crippen LogP contribution in [0.2, 0.25) is 0 Å². The van der Waals surface area contributed by atoms with Crippen LogP contribution in [0.25, 0.3) is 10.2 Å². The quantitative estimate of drug-likeness (QED) is 0.827. The van der Waals surface area contributed by atoms with Crippen molar-refractivity contribution in [2.45, 2.75) is 47.1 Å². The molecule has 3 nitrogen and oxygen atoms in total. The Kier molecular flexibility index (Phi) is 4.55. The van der Waals surface area contributed by atoms with Gasteiger partial charge in [-0.2, -0.15) is 0 Å². The summed E-state index contributed by atoms with van der Waals surface area (Å²) in [7, 11) is 0. The number of nitrogens with one attached hydrogen (secondary N) is 1. The van der Waals surface area contributed by atoms with Crippen LogP contribution in [0.1, 0.15) is 37.6 Å². The van der Waals surface area contributed by atoms with E-state index in [0.717, 1.165) is 22.5 Å². The third-order valence-corrected chi connectivity index (χ3v) is 5.05. The molecule has 0 radical (unpaired) electrons. The maximum absolute atomic E-state index is 5.95. The molecule has 5 heteroatoms. The van der Waals surface area contributed by atoms with Crippen molar-refractivity contribution >= 4 is 39.0 Å². The summed E-state index contributed by atoms with van der Waals surface area (Å²) in [6, 6.07) is 0.290. The van der Waals surface area contributed by atoms with Gasteiger partial charge in [-0.25, -0.2) is 9.97 Å². The molecule has 2 heterocycles. The molecule has 1 N–H and O–H groups in total. The highest BCUT2D eigenvalue weighted by atomic mass is 35.5. The minimum Gasteiger partial charge on any atom is -0.366 e. The second kappa shape index (κ2) is 5.86. The van der Waals surface area contributed by atoms with Gasteiger partial charge in [-0.1, -0.05) is 20.8 Å². The lowest BCUT2D eigenvalue weighted by atomic mass is 9.85. The molecule has 0 amide bonds. The molecule has 0 aliphatic carbocycles. The summed E-state index contributed by atoms with van der Waals surface area (Å²) in [5.74, 6) is 1.58. The highest BCUT2D eigenvalue weighted by Gasteiger charge is 2.25. The first kappa shape index (κ1) is 15.5. The Balaban J connectivity index is 2.42. The van der Waals surface area contributed by atoms with E-state index in [2.05, 4.69) is 49.9 Å². The van der Waals surface area contributed by atoms with E-state index >= 15 is 0 Å². The van der Waals surface area contributed by atoms with Crippen LogP contribution < -0.4 is 5.32 Å². The van der Waals surface area contributed by atoms with Gasteiger partial charge in [0.15, 0.2) is 0 Å². The topological polar surface area (TPSA) is 37.8 Å². The zero-order valence-corrected chi connectivity index (χ0v) is 14.3. The van der Waals surface area contributed by atoms with Crippen LogP contribution in [0.15, 0.2) is 6.33 Å². The van der Waals surface area contributed by atoms with Crippen molar-refractivity contribution in [2.24, 2.45) is 5.41 Å². The maximum Gasteiger partial charge on any atom is 0.138 e. The Bertz CT molecular complexity index is 601. The first-order valence-corrected chi connectivity index (χ1v) is 8.23. The van der Waals surface area contributed by atoms with Crippen LogP contribution in [0, 0.1) is 19.3 Å². The second-order valence-corrected chi connectivity index (χ2v) is 7.81. The molecule has 1 atom stereocenters. The maximum atomic E-state index is 5.95. The van der Waals surface area contributed by atoms with E-state index in [1.54, 1.807) is 17.7 Å². The van der Waals surface area contributed by atoms with Gasteiger partial charge in [-0.05, 0) is 31.2 Å². The molecule has 2 aromatic heterocycles. The van der Waals surface area contributed by atoms with E-state index in [9.17, 15) is 0 Å². The summed E-state index contributed by atoms with van der Waals surface area (Å²) < 4.78 is 0. The third-order valence-electron chi connectivity index (χ3n) is 3.72. The van der Waals surface area contributed by atoms with Crippen LogP contribution >= 0.6 is 22.9 Å². The largest absolute Gasteiger partial charge is 0.366 e. The van der Waals surface area contributed by atoms with Crippen molar-refractivity contribution in [1.82, 2.24) is 9.97 Å². The number of rotatable bonds is 4. The minimum atomic E-state index is 0.130. The number of anilines is 1. The molecule has 0 aliphatic heterocycles. The first-order valence-electron chi connectivity index (χ1n) is 6.87. The van der Waals surface area contributed by atoms with Crippen molar-refractivity contribution in [1.29, 1.82) is 0 Å². The number of hydrogen-bond acceptors (Lipinski definition) is 4. The Labute approximate surface area is 129 Å². The van der Waals surface area contributed by atoms with Crippen LogP contribution in [0.3, 0.4) is 0 Å². The van der Waals surface area contributed by atoms with Crippen LogP contribution in [0.5, 0.6) is 0 Å². The minimum absolute atomic E-state index is 0.130. The van der Waals surface area contributed by atoms with Crippen molar-refractivity contribution in [3.63, 3.8) is 0 Å². The van der Waals surface area contributed by atoms with Crippen molar-refractivity contribution in [3.05, 3.63) is 16.8 Å². The fourth-order valence-electron chi connectivity index (χ4n) is 2.29. The number of thiophene rings is 1. The summed E-state index contributed by atoms with van der Waals surface area (Å²) in [5.41, 5.74) is 1.40. The first-order chi connectivity index (χ1) is 9.34. The summed E-state index contributed by atoms with van der Waals surface area (Å²) >= 11 is 7.68. The van der Waals surface area contributed by atoms with Crippen molar-refractivity contribution in [2.75, 3.05) is 11.2 Å². The van der Waals surface area contributed by atoms with Gasteiger partial charge in [-0.3, -0.25) is 0 Å². The normalized spacial score (nSPS) is 13.7. The number of aromatic nitrogens is 2. The molecule has 20 heavy (non-hydrogen) atoms. The number of alkyl halides is 1. The number of hydrogen-bond donors (Lipinski definition) is 1. The Morgan fingerprint density at radius 1 is 1.30 bits per heavy atom. The van der Waals surface area contributed by atoms with Crippen molar-refractivity contribution < 1.29 is 0 Å². The van der Waals surface area contributed by atoms with E-state index in [4.69, 9.17) is 11.6 Å². The van der Waals surface area contributed by atoms with Gasteiger partial charge in [0, 0.05) is 16.8 Å². The summed E-state index contributed by atoms with van der Waals surface area (Å²) in [5, 5.41) is 4.74. The lowest BCUT2D eigenvalue weighted by Crippen LogP contribution is -2.34. The summed E-state index contributed by atoms with van der Waals surface area (Å²) in [6.07, 6.45) is 2.55. The van der Waals surface area contributed by atoms with Gasteiger partial charge >= 0.3 is 0 Å². The molecule has 0 saturated carbocycles. The molecule has 2 aromatic rings. The molecule has 110 valence electrons. The van der Waals surface area contributed by atoms with E-state index < -0.39 is 0 Å². The lowest BCUT2D eigenvalue weighted by molar-refractivity contribution is 0.334. The predicted octanol–water partition coefficient (Wildman–Crippen LogP) is 4.76. The molecule has 2 rings (SSSR count). The molecule has 1 unspecified atom stereocenters. The predicted molar refractivity (Wildman–Crippen MR) is 89.1 cm³/mol. The summed E-state index contributed by atoms with van der Waals surface area (Å²) in [4.78, 5) is 11.2. The van der Waals surface area contributed by atoms with Gasteiger partial charge in [0.1, 0.15) is 17.0 Å². The molecule has 0 fully saturated rings. The zero-order valence-electron chi connectivity index (χ0n) is 12.7. The van der Waals surface area contributed by atoms with Gasteiger partial charge in [-0.15, -0.1) is 22.9 Å². The molecule has 0 bridgehead atoms. The number of nitrogens with zero attached hydrogens (tertiary/aromatic N) is 2. The van der Waals surface area contributed by atoms with E-state index in [1.807, 2.05) is 0 Å². The molecule has 0 saturated heterocycles. The standard InChI is InChI=1S/C15H22ClN3S/c1-9-10(2)20-14-12(9)13(17-8-18-14)19-11(6-7-16)15(3,4)5/h8,11H,6-7H2,1-5H3,(H,17,18,19). The van der Waals surface area contributed by atoms with Crippen LogP contribution in [0.4, 0.5) is 5.82 Å². The van der Waals surface area contributed by atoms with Crippen LogP contribution in [-0.4, -0.2) is 21.9 Å². The molecular weight excluding hydrogens is 290 g/mol. The molecule has 0 aliphatic rings. The van der Waals surface area contributed by atoms with Gasteiger partial charge < -0.3 is 5.32 Å². The van der Waals surface area contributed by atoms with Crippen LogP contribution in [-0.2, 0) is 0 Å². The highest BCUT2D eigenvalue weighted by Crippen LogP contribution is 2.34. The fraction of sp³-hybridized carbons (Fsp3) is 0.600. The van der Waals surface area contributed by atoms with E-state index in [1.165, 1.54) is 10.4 Å². The van der Waals surface area contributed by atoms with Crippen molar-refractivity contribution in [3.8, 4) is 0 Å². The fourth-order valence-corrected chi connectivity index (χ4v) is 3.50. The number of fused-ring (bicyclic) bond motifs is 1. The lowest BCUT2D eigenvalue weighted by Gasteiger charge is -2.31. The Morgan fingerprint density at radius 2 is 2.00 bits per heavy atom. The molecule has 0 aromatic carbocycles. The average Bonchev–Trinajstić information content (AvgIpc) is 2.64. The average molecular weight is 312 g/mol.